The van der Waals surface area contributed by atoms with E-state index in [1.807, 2.05) is 18.7 Å². The van der Waals surface area contributed by atoms with Crippen LogP contribution in [-0.4, -0.2) is 76.7 Å². The normalized spacial score (nSPS) is 13.9. The predicted octanol–water partition coefficient (Wildman–Crippen LogP) is 3.79. The number of sulfonamides is 1. The summed E-state index contributed by atoms with van der Waals surface area (Å²) in [7, 11) is -2.47. The molecule has 1 aliphatic heterocycles. The van der Waals surface area contributed by atoms with Gasteiger partial charge in [0.15, 0.2) is 5.82 Å². The van der Waals surface area contributed by atoms with E-state index in [2.05, 4.69) is 0 Å². The Kier molecular flexibility index (Phi) is 10.1. The first-order chi connectivity index (χ1) is 19.2. The molecular weight excluding hydrogens is 556 g/mol. The Morgan fingerprint density at radius 2 is 1.85 bits per heavy atom. The minimum absolute atomic E-state index is 0.0321. The summed E-state index contributed by atoms with van der Waals surface area (Å²) in [5, 5.41) is 10.0. The Bertz CT molecular complexity index is 1390. The van der Waals surface area contributed by atoms with E-state index in [9.17, 15) is 13.5 Å². The highest BCUT2D eigenvalue weighted by Gasteiger charge is 2.32. The molecule has 1 saturated heterocycles. The molecule has 0 saturated carbocycles. The summed E-state index contributed by atoms with van der Waals surface area (Å²) in [5.74, 6) is 1.26. The first kappa shape index (κ1) is 29.9. The van der Waals surface area contributed by atoms with E-state index in [0.29, 0.717) is 54.2 Å². The van der Waals surface area contributed by atoms with Crippen molar-refractivity contribution in [1.82, 2.24) is 9.97 Å². The van der Waals surface area contributed by atoms with Gasteiger partial charge in [-0.25, -0.2) is 12.7 Å². The third kappa shape index (κ3) is 6.95. The van der Waals surface area contributed by atoms with E-state index in [0.717, 1.165) is 0 Å². The van der Waals surface area contributed by atoms with Crippen LogP contribution in [0.25, 0.3) is 0 Å². The maximum absolute atomic E-state index is 14.2. The summed E-state index contributed by atoms with van der Waals surface area (Å²) in [6.07, 6.45) is 0.161. The highest BCUT2D eigenvalue weighted by Crippen LogP contribution is 2.37. The Morgan fingerprint density at radius 1 is 1.12 bits per heavy atom. The number of aromatic nitrogens is 2. The van der Waals surface area contributed by atoms with Crippen molar-refractivity contribution >= 4 is 33.4 Å². The van der Waals surface area contributed by atoms with Gasteiger partial charge in [-0.3, -0.25) is 0 Å². The number of aliphatic hydroxyl groups excluding tert-OH is 1. The third-order valence-corrected chi connectivity index (χ3v) is 8.42. The predicted molar refractivity (Wildman–Crippen MR) is 154 cm³/mol. The van der Waals surface area contributed by atoms with Crippen LogP contribution in [-0.2, 0) is 21.2 Å². The lowest BCUT2D eigenvalue weighted by Crippen LogP contribution is -2.39. The van der Waals surface area contributed by atoms with Crippen LogP contribution in [0.1, 0.15) is 25.0 Å². The topological polar surface area (TPSA) is 114 Å². The fraction of sp³-hybridized carbons (Fsp3) is 0.429. The summed E-state index contributed by atoms with van der Waals surface area (Å²) in [6.45, 7) is 5.82. The molecule has 40 heavy (non-hydrogen) atoms. The van der Waals surface area contributed by atoms with Crippen molar-refractivity contribution < 1.29 is 27.7 Å². The Labute approximate surface area is 240 Å². The molecule has 3 aromatic rings. The molecule has 216 valence electrons. The average molecular weight is 591 g/mol. The van der Waals surface area contributed by atoms with Crippen molar-refractivity contribution in [2.75, 3.05) is 62.4 Å². The smallest absolute Gasteiger partial charge is 0.265 e. The molecule has 0 amide bonds. The molecule has 1 N–H and O–H groups in total. The van der Waals surface area contributed by atoms with Crippen LogP contribution in [0.4, 0.5) is 11.8 Å². The lowest BCUT2D eigenvalue weighted by Gasteiger charge is -2.31. The number of benzene rings is 2. The number of methoxy groups -OCH3 is 1. The lowest BCUT2D eigenvalue weighted by molar-refractivity contribution is 0.122. The Balaban J connectivity index is 1.97. The number of hydrogen-bond acceptors (Lipinski definition) is 9. The summed E-state index contributed by atoms with van der Waals surface area (Å²) < 4.78 is 46.5. The number of ether oxygens (including phenoxy) is 3. The van der Waals surface area contributed by atoms with Gasteiger partial charge in [-0.05, 0) is 41.8 Å². The molecule has 0 spiro atoms. The molecule has 4 rings (SSSR count). The van der Waals surface area contributed by atoms with Gasteiger partial charge >= 0.3 is 0 Å². The van der Waals surface area contributed by atoms with Crippen LogP contribution in [0.3, 0.4) is 0 Å². The second-order valence-corrected chi connectivity index (χ2v) is 11.9. The first-order valence-electron chi connectivity index (χ1n) is 13.1. The van der Waals surface area contributed by atoms with Crippen LogP contribution in [0.5, 0.6) is 11.6 Å². The number of halogens is 1. The highest BCUT2D eigenvalue weighted by atomic mass is 35.5. The van der Waals surface area contributed by atoms with Crippen molar-refractivity contribution in [1.29, 1.82) is 0 Å². The SMILES string of the molecule is COc1ccc(Cl)c(Cc2c(OCCO)nc(N3CCOCC3)nc2N(CC(C)C)S(=O)(=O)c2ccccc2)c1. The minimum Gasteiger partial charge on any atom is -0.497 e. The third-order valence-electron chi connectivity index (χ3n) is 6.28. The monoisotopic (exact) mass is 590 g/mol. The van der Waals surface area contributed by atoms with Crippen molar-refractivity contribution in [3.8, 4) is 11.6 Å². The van der Waals surface area contributed by atoms with Gasteiger partial charge in [0.05, 0.1) is 37.4 Å². The first-order valence-corrected chi connectivity index (χ1v) is 14.9. The molecule has 0 atom stereocenters. The number of hydrogen-bond donors (Lipinski definition) is 1. The zero-order chi connectivity index (χ0) is 28.7. The molecule has 10 nitrogen and oxygen atoms in total. The molecule has 12 heteroatoms. The minimum atomic E-state index is -4.03. The van der Waals surface area contributed by atoms with Crippen LogP contribution in [0.15, 0.2) is 53.4 Å². The van der Waals surface area contributed by atoms with Crippen molar-refractivity contribution in [2.24, 2.45) is 5.92 Å². The van der Waals surface area contributed by atoms with Gasteiger partial charge in [-0.15, -0.1) is 0 Å². The molecule has 1 aliphatic rings. The summed E-state index contributed by atoms with van der Waals surface area (Å²) in [5.41, 5.74) is 1.11. The number of rotatable bonds is 12. The van der Waals surface area contributed by atoms with Crippen LogP contribution < -0.4 is 18.7 Å². The molecule has 0 radical (unpaired) electrons. The van der Waals surface area contributed by atoms with Gasteiger partial charge in [-0.2, -0.15) is 9.97 Å². The van der Waals surface area contributed by atoms with E-state index in [1.165, 1.54) is 4.31 Å². The second kappa shape index (κ2) is 13.5. The van der Waals surface area contributed by atoms with E-state index in [-0.39, 0.29) is 48.7 Å². The quantitative estimate of drug-likeness (QED) is 0.336. The Morgan fingerprint density at radius 3 is 2.50 bits per heavy atom. The maximum Gasteiger partial charge on any atom is 0.265 e. The van der Waals surface area contributed by atoms with Crippen LogP contribution >= 0.6 is 11.6 Å². The summed E-state index contributed by atoms with van der Waals surface area (Å²) in [6, 6.07) is 13.5. The molecule has 2 aromatic carbocycles. The van der Waals surface area contributed by atoms with Gasteiger partial charge in [0.2, 0.25) is 11.8 Å². The fourth-order valence-electron chi connectivity index (χ4n) is 4.32. The number of aliphatic hydroxyl groups is 1. The molecule has 1 aromatic heterocycles. The molecule has 2 heterocycles. The Hall–Kier alpha value is -3.12. The van der Waals surface area contributed by atoms with Crippen molar-refractivity contribution in [3.63, 3.8) is 0 Å². The zero-order valence-electron chi connectivity index (χ0n) is 22.9. The fourth-order valence-corrected chi connectivity index (χ4v) is 6.14. The molecule has 0 unspecified atom stereocenters. The van der Waals surface area contributed by atoms with E-state index >= 15 is 0 Å². The summed E-state index contributed by atoms with van der Waals surface area (Å²) in [4.78, 5) is 11.7. The van der Waals surface area contributed by atoms with E-state index in [4.69, 9.17) is 35.8 Å². The van der Waals surface area contributed by atoms with Gasteiger partial charge < -0.3 is 24.2 Å². The standard InChI is InChI=1S/C28H35ClN4O6S/c1-20(2)19-33(40(35,36)23-7-5-4-6-8-23)26-24(18-21-17-22(37-3)9-10-25(21)29)27(39-16-13-34)31-28(30-26)32-11-14-38-15-12-32/h4-10,17,20,34H,11-16,18-19H2,1-3H3. The number of nitrogens with zero attached hydrogens (tertiary/aromatic N) is 4. The highest BCUT2D eigenvalue weighted by molar-refractivity contribution is 7.92. The van der Waals surface area contributed by atoms with Crippen LogP contribution in [0, 0.1) is 5.92 Å². The average Bonchev–Trinajstić information content (AvgIpc) is 2.97. The van der Waals surface area contributed by atoms with Gasteiger partial charge in [0, 0.05) is 31.1 Å². The number of anilines is 2. The van der Waals surface area contributed by atoms with Crippen LogP contribution in [0.2, 0.25) is 5.02 Å². The van der Waals surface area contributed by atoms with Crippen molar-refractivity contribution in [3.05, 3.63) is 64.7 Å². The summed E-state index contributed by atoms with van der Waals surface area (Å²) >= 11 is 6.58. The van der Waals surface area contributed by atoms with E-state index in [1.54, 1.807) is 55.6 Å². The molecule has 1 fully saturated rings. The van der Waals surface area contributed by atoms with E-state index < -0.39 is 10.0 Å². The number of morpholine rings is 1. The molecule has 0 aliphatic carbocycles. The maximum atomic E-state index is 14.2. The zero-order valence-corrected chi connectivity index (χ0v) is 24.5. The second-order valence-electron chi connectivity index (χ2n) is 9.68. The lowest BCUT2D eigenvalue weighted by atomic mass is 10.1. The molecular formula is C28H35ClN4O6S. The largest absolute Gasteiger partial charge is 0.497 e. The van der Waals surface area contributed by atoms with Gasteiger partial charge in [-0.1, -0.05) is 43.6 Å². The molecule has 0 bridgehead atoms. The van der Waals surface area contributed by atoms with Gasteiger partial charge in [0.1, 0.15) is 12.4 Å². The van der Waals surface area contributed by atoms with Crippen molar-refractivity contribution in [2.45, 2.75) is 25.2 Å². The van der Waals surface area contributed by atoms with Gasteiger partial charge in [0.25, 0.3) is 10.0 Å².